The van der Waals surface area contributed by atoms with E-state index in [4.69, 9.17) is 11.6 Å². The van der Waals surface area contributed by atoms with E-state index in [1.54, 1.807) is 0 Å². The van der Waals surface area contributed by atoms with Crippen molar-refractivity contribution in [2.45, 2.75) is 29.2 Å². The van der Waals surface area contributed by atoms with E-state index in [2.05, 4.69) is 59.8 Å². The number of aryl methyl sites for hydroxylation is 1. The molecule has 0 N–H and O–H groups in total. The monoisotopic (exact) mass is 335 g/mol. The Balaban J connectivity index is 1.94. The molecule has 0 amide bonds. The lowest BCUT2D eigenvalue weighted by Crippen LogP contribution is -2.18. The lowest BCUT2D eigenvalue weighted by atomic mass is 10.2. The average molecular weight is 336 g/mol. The van der Waals surface area contributed by atoms with Gasteiger partial charge in [0.15, 0.2) is 0 Å². The minimum Gasteiger partial charge on any atom is -0.282 e. The summed E-state index contributed by atoms with van der Waals surface area (Å²) in [5.41, 5.74) is 3.84. The van der Waals surface area contributed by atoms with Crippen LogP contribution in [0.1, 0.15) is 18.4 Å². The molecule has 0 saturated carbocycles. The predicted octanol–water partition coefficient (Wildman–Crippen LogP) is 6.23. The fourth-order valence-corrected chi connectivity index (χ4v) is 5.35. The van der Waals surface area contributed by atoms with Crippen LogP contribution in [-0.4, -0.2) is 10.5 Å². The molecule has 0 saturated heterocycles. The number of anilines is 2. The van der Waals surface area contributed by atoms with E-state index >= 15 is 0 Å². The summed E-state index contributed by atoms with van der Waals surface area (Å²) >= 11 is 9.74. The molecular formula is C17H18ClNS2. The largest absolute Gasteiger partial charge is 0.282 e. The maximum Gasteiger partial charge on any atom is 0.0754 e. The van der Waals surface area contributed by atoms with Crippen molar-refractivity contribution in [2.75, 3.05) is 10.2 Å². The minimum absolute atomic E-state index is 0.527. The van der Waals surface area contributed by atoms with E-state index in [0.717, 1.165) is 18.7 Å². The Kier molecular flexibility index (Phi) is 5.04. The number of nitrogens with zero attached hydrogens (tertiary/aromatic N) is 1. The Morgan fingerprint density at radius 2 is 2.00 bits per heavy atom. The van der Waals surface area contributed by atoms with Gasteiger partial charge in [-0.2, -0.15) is 0 Å². The second-order valence-corrected chi connectivity index (χ2v) is 8.15. The third-order valence-corrected chi connectivity index (χ3v) is 6.38. The molecule has 3 rings (SSSR count). The summed E-state index contributed by atoms with van der Waals surface area (Å²) in [6.07, 6.45) is 2.20. The first kappa shape index (κ1) is 15.1. The first-order chi connectivity index (χ1) is 10.3. The van der Waals surface area contributed by atoms with E-state index in [-0.39, 0.29) is 0 Å². The second kappa shape index (κ2) is 6.99. The number of hydrogen-bond donors (Lipinski definition) is 0. The second-order valence-electron chi connectivity index (χ2n) is 5.09. The van der Waals surface area contributed by atoms with Gasteiger partial charge in [-0.3, -0.25) is 4.31 Å². The summed E-state index contributed by atoms with van der Waals surface area (Å²) in [5, 5.41) is 0. The smallest absolute Gasteiger partial charge is 0.0754 e. The highest BCUT2D eigenvalue weighted by molar-refractivity contribution is 8.18. The highest BCUT2D eigenvalue weighted by atomic mass is 35.5. The molecule has 1 heterocycles. The van der Waals surface area contributed by atoms with E-state index in [1.807, 2.05) is 23.7 Å². The number of halogens is 1. The zero-order valence-electron chi connectivity index (χ0n) is 12.0. The lowest BCUT2D eigenvalue weighted by molar-refractivity contribution is 0.873. The van der Waals surface area contributed by atoms with Crippen molar-refractivity contribution < 1.29 is 0 Å². The molecule has 0 fully saturated rings. The van der Waals surface area contributed by atoms with Crippen molar-refractivity contribution >= 4 is 46.7 Å². The van der Waals surface area contributed by atoms with Crippen LogP contribution in [0.25, 0.3) is 0 Å². The number of alkyl halides is 1. The maximum atomic E-state index is 5.86. The summed E-state index contributed by atoms with van der Waals surface area (Å²) in [5.74, 6) is 0.740. The van der Waals surface area contributed by atoms with Gasteiger partial charge in [0.2, 0.25) is 0 Å². The summed E-state index contributed by atoms with van der Waals surface area (Å²) in [6.45, 7) is 2.14. The van der Waals surface area contributed by atoms with E-state index in [9.17, 15) is 0 Å². The molecular weight excluding hydrogens is 318 g/mol. The van der Waals surface area contributed by atoms with Crippen LogP contribution in [0.2, 0.25) is 0 Å². The third kappa shape index (κ3) is 3.53. The van der Waals surface area contributed by atoms with Crippen LogP contribution >= 0.6 is 35.3 Å². The quantitative estimate of drug-likeness (QED) is 0.481. The van der Waals surface area contributed by atoms with Gasteiger partial charge in [0.25, 0.3) is 0 Å². The number of para-hydroxylation sites is 1. The molecule has 0 radical (unpaired) electrons. The van der Waals surface area contributed by atoms with Crippen molar-refractivity contribution in [2.24, 2.45) is 0 Å². The van der Waals surface area contributed by atoms with E-state index < -0.39 is 0 Å². The number of fused-ring (bicyclic) bond motifs is 1. The van der Waals surface area contributed by atoms with Crippen LogP contribution in [0, 0.1) is 6.92 Å². The van der Waals surface area contributed by atoms with E-state index in [1.165, 1.54) is 21.8 Å². The summed E-state index contributed by atoms with van der Waals surface area (Å²) < 4.78 is 2.90. The Morgan fingerprint density at radius 1 is 1.14 bits per heavy atom. The van der Waals surface area contributed by atoms with E-state index in [0.29, 0.717) is 4.58 Å². The third-order valence-electron chi connectivity index (χ3n) is 3.38. The summed E-state index contributed by atoms with van der Waals surface area (Å²) in [4.78, 5) is 1.36. The number of rotatable bonds is 4. The molecule has 1 atom stereocenters. The van der Waals surface area contributed by atoms with Crippen molar-refractivity contribution in [3.8, 4) is 0 Å². The van der Waals surface area contributed by atoms with Crippen LogP contribution < -0.4 is 4.31 Å². The van der Waals surface area contributed by atoms with Crippen molar-refractivity contribution in [1.82, 2.24) is 0 Å². The molecule has 110 valence electrons. The molecule has 1 unspecified atom stereocenters. The van der Waals surface area contributed by atoms with Crippen molar-refractivity contribution in [3.63, 3.8) is 0 Å². The number of thioether (sulfide) groups is 1. The molecule has 1 nitrogen and oxygen atoms in total. The Hall–Kier alpha value is -0.770. The van der Waals surface area contributed by atoms with Crippen LogP contribution in [0.3, 0.4) is 0 Å². The SMILES string of the molecule is Cc1cccc(N2SC(CCCCl)Sc3ccccc32)c1. The van der Waals surface area contributed by atoms with Gasteiger partial charge in [-0.15, -0.1) is 23.4 Å². The molecule has 0 aliphatic carbocycles. The molecule has 1 aliphatic heterocycles. The zero-order valence-corrected chi connectivity index (χ0v) is 14.3. The first-order valence-electron chi connectivity index (χ1n) is 7.13. The normalized spacial score (nSPS) is 17.6. The van der Waals surface area contributed by atoms with Gasteiger partial charge in [-0.25, -0.2) is 0 Å². The number of hydrogen-bond acceptors (Lipinski definition) is 3. The van der Waals surface area contributed by atoms with Gasteiger partial charge in [0.05, 0.1) is 16.0 Å². The van der Waals surface area contributed by atoms with Crippen molar-refractivity contribution in [3.05, 3.63) is 54.1 Å². The molecule has 0 aromatic heterocycles. The first-order valence-corrected chi connectivity index (χ1v) is 9.38. The van der Waals surface area contributed by atoms with Gasteiger partial charge in [-0.05, 0) is 61.5 Å². The van der Waals surface area contributed by atoms with Crippen LogP contribution in [-0.2, 0) is 0 Å². The van der Waals surface area contributed by atoms with Crippen LogP contribution in [0.15, 0.2) is 53.4 Å². The molecule has 1 aliphatic rings. The predicted molar refractivity (Wildman–Crippen MR) is 97.0 cm³/mol. The van der Waals surface area contributed by atoms with Gasteiger partial charge < -0.3 is 0 Å². The van der Waals surface area contributed by atoms with Crippen LogP contribution in [0.5, 0.6) is 0 Å². The standard InChI is InChI=1S/C17H18ClNS2/c1-13-6-4-7-14(12-13)19-15-8-2-3-9-16(15)20-17(21-19)10-5-11-18/h2-4,6-9,12,17H,5,10-11H2,1H3. The molecule has 0 bridgehead atoms. The van der Waals surface area contributed by atoms with Crippen molar-refractivity contribution in [1.29, 1.82) is 0 Å². The Labute approximate surface area is 140 Å². The highest BCUT2D eigenvalue weighted by Gasteiger charge is 2.26. The maximum absolute atomic E-state index is 5.86. The molecule has 2 aromatic carbocycles. The summed E-state index contributed by atoms with van der Waals surface area (Å²) in [7, 11) is 0. The highest BCUT2D eigenvalue weighted by Crippen LogP contribution is 2.51. The average Bonchev–Trinajstić information content (AvgIpc) is 2.52. The fourth-order valence-electron chi connectivity index (χ4n) is 2.37. The molecule has 21 heavy (non-hydrogen) atoms. The minimum atomic E-state index is 0.527. The topological polar surface area (TPSA) is 3.24 Å². The van der Waals surface area contributed by atoms with Gasteiger partial charge in [-0.1, -0.05) is 24.3 Å². The molecule has 0 spiro atoms. The lowest BCUT2D eigenvalue weighted by Gasteiger charge is -2.34. The zero-order chi connectivity index (χ0) is 14.7. The van der Waals surface area contributed by atoms with Crippen LogP contribution in [0.4, 0.5) is 11.4 Å². The number of benzene rings is 2. The van der Waals surface area contributed by atoms with Gasteiger partial charge in [0.1, 0.15) is 0 Å². The Bertz CT molecular complexity index is 617. The molecule has 4 heteroatoms. The van der Waals surface area contributed by atoms with Gasteiger partial charge >= 0.3 is 0 Å². The van der Waals surface area contributed by atoms with Gasteiger partial charge in [0, 0.05) is 10.8 Å². The summed E-state index contributed by atoms with van der Waals surface area (Å²) in [6, 6.07) is 17.4. The Morgan fingerprint density at radius 3 is 2.81 bits per heavy atom. The fraction of sp³-hybridized carbons (Fsp3) is 0.294. The molecule has 2 aromatic rings.